The number of morpholine rings is 1. The normalized spacial score (nSPS) is 19.8. The summed E-state index contributed by atoms with van der Waals surface area (Å²) in [6.45, 7) is 4.72. The number of halogens is 2. The number of oxazole rings is 1. The quantitative estimate of drug-likeness (QED) is 0.542. The predicted octanol–water partition coefficient (Wildman–Crippen LogP) is 4.58. The third-order valence-electron chi connectivity index (χ3n) is 4.76. The molecule has 2 heterocycles. The summed E-state index contributed by atoms with van der Waals surface area (Å²) in [7, 11) is -4.05. The summed E-state index contributed by atoms with van der Waals surface area (Å²) in [5, 5.41) is 0.334. The van der Waals surface area contributed by atoms with Crippen LogP contribution in [0, 0.1) is 5.82 Å². The smallest absolute Gasteiger partial charge is 0.236 e. The topological polar surface area (TPSA) is 72.6 Å². The summed E-state index contributed by atoms with van der Waals surface area (Å²) >= 11 is 5.96. The van der Waals surface area contributed by atoms with Gasteiger partial charge in [-0.2, -0.15) is 4.98 Å². The fourth-order valence-corrected chi connectivity index (χ4v) is 4.91. The zero-order valence-corrected chi connectivity index (χ0v) is 18.0. The van der Waals surface area contributed by atoms with Gasteiger partial charge >= 0.3 is 0 Å². The van der Waals surface area contributed by atoms with Gasteiger partial charge in [-0.1, -0.05) is 11.6 Å². The van der Waals surface area contributed by atoms with E-state index in [4.69, 9.17) is 20.8 Å². The van der Waals surface area contributed by atoms with Crippen LogP contribution in [-0.4, -0.2) is 38.7 Å². The SMILES string of the molecule is CC1CN(c2oc(-c3ccc(Cl)cc3)nc2S(=O)(=O)c2ccc(F)cc2)CC(C)O1. The number of benzene rings is 2. The molecule has 3 aromatic rings. The van der Waals surface area contributed by atoms with Gasteiger partial charge in [0, 0.05) is 23.7 Å². The van der Waals surface area contributed by atoms with Gasteiger partial charge in [0.2, 0.25) is 26.6 Å². The zero-order valence-electron chi connectivity index (χ0n) is 16.4. The Kier molecular flexibility index (Phi) is 5.57. The highest BCUT2D eigenvalue weighted by Gasteiger charge is 2.34. The van der Waals surface area contributed by atoms with Gasteiger partial charge in [-0.25, -0.2) is 12.8 Å². The molecule has 0 N–H and O–H groups in total. The van der Waals surface area contributed by atoms with Crippen molar-refractivity contribution in [1.82, 2.24) is 4.98 Å². The molecule has 1 fully saturated rings. The van der Waals surface area contributed by atoms with E-state index in [1.165, 1.54) is 12.1 Å². The first kappa shape index (κ1) is 20.8. The van der Waals surface area contributed by atoms with Gasteiger partial charge in [0.25, 0.3) is 0 Å². The lowest BCUT2D eigenvalue weighted by molar-refractivity contribution is -0.00657. The van der Waals surface area contributed by atoms with Crippen molar-refractivity contribution in [3.8, 4) is 11.5 Å². The molecule has 1 aromatic heterocycles. The van der Waals surface area contributed by atoms with E-state index in [9.17, 15) is 12.8 Å². The van der Waals surface area contributed by atoms with Crippen LogP contribution in [0.3, 0.4) is 0 Å². The lowest BCUT2D eigenvalue weighted by atomic mass is 10.2. The van der Waals surface area contributed by atoms with Gasteiger partial charge in [-0.05, 0) is 62.4 Å². The molecule has 0 radical (unpaired) electrons. The van der Waals surface area contributed by atoms with Crippen molar-refractivity contribution in [2.24, 2.45) is 0 Å². The van der Waals surface area contributed by atoms with E-state index >= 15 is 0 Å². The molecule has 2 atom stereocenters. The van der Waals surface area contributed by atoms with Crippen LogP contribution in [-0.2, 0) is 14.6 Å². The van der Waals surface area contributed by atoms with Crippen molar-refractivity contribution in [2.75, 3.05) is 18.0 Å². The van der Waals surface area contributed by atoms with Crippen LogP contribution in [0.4, 0.5) is 10.3 Å². The number of anilines is 1. The third kappa shape index (κ3) is 4.08. The van der Waals surface area contributed by atoms with Gasteiger partial charge in [0.05, 0.1) is 17.1 Å². The van der Waals surface area contributed by atoms with Crippen molar-refractivity contribution in [3.05, 3.63) is 59.4 Å². The van der Waals surface area contributed by atoms with E-state index in [0.717, 1.165) is 12.1 Å². The van der Waals surface area contributed by atoms with Crippen LogP contribution < -0.4 is 4.90 Å². The Balaban J connectivity index is 1.85. The van der Waals surface area contributed by atoms with Crippen LogP contribution in [0.15, 0.2) is 62.9 Å². The van der Waals surface area contributed by atoms with Gasteiger partial charge in [0.15, 0.2) is 0 Å². The number of aromatic nitrogens is 1. The van der Waals surface area contributed by atoms with Crippen LogP contribution >= 0.6 is 11.6 Å². The first-order valence-corrected chi connectivity index (χ1v) is 11.3. The second kappa shape index (κ2) is 8.02. The van der Waals surface area contributed by atoms with E-state index in [1.54, 1.807) is 24.3 Å². The molecule has 158 valence electrons. The van der Waals surface area contributed by atoms with E-state index in [1.807, 2.05) is 18.7 Å². The standard InChI is InChI=1S/C21H20ClFN2O4S/c1-13-11-25(12-14(2)28-13)21-20(30(26,27)18-9-7-17(23)8-10-18)24-19(29-21)15-3-5-16(22)6-4-15/h3-10,13-14H,11-12H2,1-2H3. The molecule has 0 aliphatic carbocycles. The minimum absolute atomic E-state index is 0.0598. The van der Waals surface area contributed by atoms with Crippen molar-refractivity contribution in [3.63, 3.8) is 0 Å². The zero-order chi connectivity index (χ0) is 21.5. The molecule has 0 amide bonds. The third-order valence-corrected chi connectivity index (χ3v) is 6.68. The maximum absolute atomic E-state index is 13.3. The summed E-state index contributed by atoms with van der Waals surface area (Å²) in [5.74, 6) is -0.215. The fraction of sp³-hybridized carbons (Fsp3) is 0.286. The molecular formula is C21H20ClFN2O4S. The number of nitrogens with zero attached hydrogens (tertiary/aromatic N) is 2. The molecule has 6 nitrogen and oxygen atoms in total. The Morgan fingerprint density at radius 3 is 2.23 bits per heavy atom. The summed E-state index contributed by atoms with van der Waals surface area (Å²) in [6, 6.07) is 11.4. The Hall–Kier alpha value is -2.42. The van der Waals surface area contributed by atoms with Crippen LogP contribution in [0.25, 0.3) is 11.5 Å². The highest BCUT2D eigenvalue weighted by Crippen LogP contribution is 2.36. The second-order valence-electron chi connectivity index (χ2n) is 7.26. The molecule has 1 aliphatic heterocycles. The maximum atomic E-state index is 13.3. The average Bonchev–Trinajstić information content (AvgIpc) is 3.14. The van der Waals surface area contributed by atoms with E-state index in [0.29, 0.717) is 23.7 Å². The second-order valence-corrected chi connectivity index (χ2v) is 9.56. The number of ether oxygens (including phenoxy) is 1. The van der Waals surface area contributed by atoms with Crippen molar-refractivity contribution >= 4 is 27.3 Å². The monoisotopic (exact) mass is 450 g/mol. The number of hydrogen-bond acceptors (Lipinski definition) is 6. The summed E-state index contributed by atoms with van der Waals surface area (Å²) < 4.78 is 51.8. The van der Waals surface area contributed by atoms with Gasteiger partial charge in [0.1, 0.15) is 5.82 Å². The molecule has 4 rings (SSSR count). The molecule has 0 spiro atoms. The highest BCUT2D eigenvalue weighted by molar-refractivity contribution is 7.91. The molecule has 9 heteroatoms. The maximum Gasteiger partial charge on any atom is 0.236 e. The molecule has 2 unspecified atom stereocenters. The first-order valence-electron chi connectivity index (χ1n) is 9.42. The van der Waals surface area contributed by atoms with E-state index < -0.39 is 15.7 Å². The number of hydrogen-bond donors (Lipinski definition) is 0. The minimum atomic E-state index is -4.05. The lowest BCUT2D eigenvalue weighted by Crippen LogP contribution is -2.45. The van der Waals surface area contributed by atoms with E-state index in [-0.39, 0.29) is 33.9 Å². The molecule has 0 bridgehead atoms. The molecular weight excluding hydrogens is 431 g/mol. The fourth-order valence-electron chi connectivity index (χ4n) is 3.46. The van der Waals surface area contributed by atoms with Crippen LogP contribution in [0.5, 0.6) is 0 Å². The molecule has 0 saturated carbocycles. The van der Waals surface area contributed by atoms with Gasteiger partial charge in [-0.15, -0.1) is 0 Å². The molecule has 1 aliphatic rings. The van der Waals surface area contributed by atoms with Crippen molar-refractivity contribution in [2.45, 2.75) is 36.0 Å². The van der Waals surface area contributed by atoms with Gasteiger partial charge in [-0.3, -0.25) is 0 Å². The Morgan fingerprint density at radius 2 is 1.63 bits per heavy atom. The van der Waals surface area contributed by atoms with Crippen LogP contribution in [0.1, 0.15) is 13.8 Å². The van der Waals surface area contributed by atoms with Crippen molar-refractivity contribution < 1.29 is 22.0 Å². The van der Waals surface area contributed by atoms with Crippen LogP contribution in [0.2, 0.25) is 5.02 Å². The lowest BCUT2D eigenvalue weighted by Gasteiger charge is -2.35. The summed E-state index contributed by atoms with van der Waals surface area (Å²) in [6.07, 6.45) is -0.224. The molecule has 2 aromatic carbocycles. The minimum Gasteiger partial charge on any atom is -0.419 e. The van der Waals surface area contributed by atoms with Crippen molar-refractivity contribution in [1.29, 1.82) is 0 Å². The molecule has 30 heavy (non-hydrogen) atoms. The van der Waals surface area contributed by atoms with E-state index in [2.05, 4.69) is 4.98 Å². The average molecular weight is 451 g/mol. The number of rotatable bonds is 4. The Morgan fingerprint density at radius 1 is 1.03 bits per heavy atom. The first-order chi connectivity index (χ1) is 14.2. The summed E-state index contributed by atoms with van der Waals surface area (Å²) in [4.78, 5) is 6.09. The Bertz CT molecular complexity index is 1140. The highest BCUT2D eigenvalue weighted by atomic mass is 35.5. The Labute approximate surface area is 179 Å². The summed E-state index contributed by atoms with van der Waals surface area (Å²) in [5.41, 5.74) is 0.593. The largest absolute Gasteiger partial charge is 0.419 e. The number of sulfone groups is 1. The predicted molar refractivity (Wildman–Crippen MR) is 111 cm³/mol. The molecule has 1 saturated heterocycles. The van der Waals surface area contributed by atoms with Gasteiger partial charge < -0.3 is 14.1 Å².